The van der Waals surface area contributed by atoms with E-state index in [1.807, 2.05) is 30.3 Å². The van der Waals surface area contributed by atoms with Crippen molar-refractivity contribution < 1.29 is 19.4 Å². The van der Waals surface area contributed by atoms with Gasteiger partial charge in [-0.1, -0.05) is 43.2 Å². The van der Waals surface area contributed by atoms with Crippen LogP contribution in [0.3, 0.4) is 0 Å². The van der Waals surface area contributed by atoms with Gasteiger partial charge in [-0.3, -0.25) is 9.59 Å². The van der Waals surface area contributed by atoms with Crippen LogP contribution < -0.4 is 5.32 Å². The zero-order valence-corrected chi connectivity index (χ0v) is 12.4. The lowest BCUT2D eigenvalue weighted by molar-refractivity contribution is -0.137. The molecular weight excluding hydrogens is 270 g/mol. The van der Waals surface area contributed by atoms with E-state index >= 15 is 0 Å². The first-order chi connectivity index (χ1) is 10.1. The molecule has 0 saturated heterocycles. The Bertz CT molecular complexity index is 433. The van der Waals surface area contributed by atoms with E-state index in [0.717, 1.165) is 24.8 Å². The number of amides is 1. The number of methoxy groups -OCH3 is 1. The average molecular weight is 293 g/mol. The van der Waals surface area contributed by atoms with Crippen molar-refractivity contribution in [3.8, 4) is 0 Å². The maximum absolute atomic E-state index is 12.0. The summed E-state index contributed by atoms with van der Waals surface area (Å²) >= 11 is 0. The van der Waals surface area contributed by atoms with Crippen molar-refractivity contribution in [2.24, 2.45) is 0 Å². The van der Waals surface area contributed by atoms with Crippen LogP contribution in [0.4, 0.5) is 0 Å². The van der Waals surface area contributed by atoms with E-state index in [1.54, 1.807) is 0 Å². The number of unbranched alkanes of at least 4 members (excludes halogenated alkanes) is 3. The van der Waals surface area contributed by atoms with Gasteiger partial charge in [0.05, 0.1) is 0 Å². The zero-order valence-electron chi connectivity index (χ0n) is 12.4. The third-order valence-corrected chi connectivity index (χ3v) is 3.19. The largest absolute Gasteiger partial charge is 0.481 e. The monoisotopic (exact) mass is 293 g/mol. The molecule has 2 N–H and O–H groups in total. The Kier molecular flexibility index (Phi) is 8.12. The molecule has 0 aliphatic carbocycles. The molecule has 0 aromatic heterocycles. The average Bonchev–Trinajstić information content (AvgIpc) is 2.48. The highest BCUT2D eigenvalue weighted by Crippen LogP contribution is 2.16. The minimum atomic E-state index is -0.755. The van der Waals surface area contributed by atoms with Gasteiger partial charge < -0.3 is 15.2 Å². The fraction of sp³-hybridized carbons (Fsp3) is 0.500. The van der Waals surface area contributed by atoms with Crippen LogP contribution in [0.1, 0.15) is 43.8 Å². The lowest BCUT2D eigenvalue weighted by atomic mass is 10.1. The fourth-order valence-electron chi connectivity index (χ4n) is 2.08. The molecule has 21 heavy (non-hydrogen) atoms. The van der Waals surface area contributed by atoms with Crippen LogP contribution >= 0.6 is 0 Å². The second kappa shape index (κ2) is 9.94. The van der Waals surface area contributed by atoms with Crippen molar-refractivity contribution >= 4 is 11.9 Å². The van der Waals surface area contributed by atoms with Crippen molar-refractivity contribution in [2.45, 2.75) is 38.2 Å². The number of aliphatic carboxylic acids is 1. The predicted molar refractivity (Wildman–Crippen MR) is 79.9 cm³/mol. The molecule has 0 aliphatic heterocycles. The normalized spacial score (nSPS) is 11.9. The highest BCUT2D eigenvalue weighted by molar-refractivity contribution is 5.82. The van der Waals surface area contributed by atoms with Crippen LogP contribution in [0, 0.1) is 0 Å². The van der Waals surface area contributed by atoms with E-state index < -0.39 is 12.1 Å². The first-order valence-electron chi connectivity index (χ1n) is 7.22. The lowest BCUT2D eigenvalue weighted by Crippen LogP contribution is -2.31. The molecule has 0 bridgehead atoms. The molecule has 5 heteroatoms. The number of carboxylic acid groups (broad SMARTS) is 1. The summed E-state index contributed by atoms with van der Waals surface area (Å²) in [5.41, 5.74) is 0.832. The Hall–Kier alpha value is -1.88. The lowest BCUT2D eigenvalue weighted by Gasteiger charge is -2.15. The summed E-state index contributed by atoms with van der Waals surface area (Å²) < 4.78 is 5.24. The molecule has 1 aromatic carbocycles. The van der Waals surface area contributed by atoms with E-state index in [1.165, 1.54) is 7.11 Å². The first kappa shape index (κ1) is 17.2. The number of ether oxygens (including phenoxy) is 1. The summed E-state index contributed by atoms with van der Waals surface area (Å²) in [6.45, 7) is 0.582. The number of hydrogen-bond acceptors (Lipinski definition) is 3. The molecule has 116 valence electrons. The first-order valence-corrected chi connectivity index (χ1v) is 7.22. The molecule has 1 amide bonds. The molecule has 0 heterocycles. The Morgan fingerprint density at radius 3 is 2.43 bits per heavy atom. The molecule has 0 saturated carbocycles. The maximum Gasteiger partial charge on any atom is 0.303 e. The van der Waals surface area contributed by atoms with Gasteiger partial charge in [-0.2, -0.15) is 0 Å². The number of carbonyl (C=O) groups excluding carboxylic acids is 1. The smallest absolute Gasteiger partial charge is 0.303 e. The second-order valence-electron chi connectivity index (χ2n) is 4.88. The number of carboxylic acids is 1. The van der Waals surface area contributed by atoms with E-state index in [0.29, 0.717) is 13.0 Å². The van der Waals surface area contributed by atoms with E-state index in [9.17, 15) is 9.59 Å². The maximum atomic E-state index is 12.0. The molecule has 0 radical (unpaired) electrons. The molecule has 0 unspecified atom stereocenters. The Morgan fingerprint density at radius 2 is 1.81 bits per heavy atom. The summed E-state index contributed by atoms with van der Waals surface area (Å²) in [4.78, 5) is 22.4. The van der Waals surface area contributed by atoms with E-state index in [4.69, 9.17) is 9.84 Å². The molecule has 1 atom stereocenters. The highest BCUT2D eigenvalue weighted by atomic mass is 16.5. The molecular formula is C16H23NO4. The van der Waals surface area contributed by atoms with E-state index in [-0.39, 0.29) is 12.3 Å². The van der Waals surface area contributed by atoms with Crippen molar-refractivity contribution in [3.05, 3.63) is 35.9 Å². The van der Waals surface area contributed by atoms with Crippen LogP contribution in [0.25, 0.3) is 0 Å². The predicted octanol–water partition coefficient (Wildman–Crippen LogP) is 2.53. The number of hydrogen-bond donors (Lipinski definition) is 2. The molecule has 0 aliphatic rings. The van der Waals surface area contributed by atoms with Gasteiger partial charge in [-0.25, -0.2) is 0 Å². The molecule has 0 spiro atoms. The minimum Gasteiger partial charge on any atom is -0.481 e. The standard InChI is InChI=1S/C16H23NO4/c1-21-15(13-9-5-4-6-10-13)16(20)17-12-8-3-2-7-11-14(18)19/h4-6,9-10,15H,2-3,7-8,11-12H2,1H3,(H,17,20)(H,18,19)/t15-/m1/s1. The number of carbonyl (C=O) groups is 2. The van der Waals surface area contributed by atoms with Crippen molar-refractivity contribution in [1.29, 1.82) is 0 Å². The van der Waals surface area contributed by atoms with Crippen molar-refractivity contribution in [1.82, 2.24) is 5.32 Å². The van der Waals surface area contributed by atoms with Crippen molar-refractivity contribution in [2.75, 3.05) is 13.7 Å². The fourth-order valence-corrected chi connectivity index (χ4v) is 2.08. The number of rotatable bonds is 10. The van der Waals surface area contributed by atoms with E-state index in [2.05, 4.69) is 5.32 Å². The van der Waals surface area contributed by atoms with Gasteiger partial charge in [0, 0.05) is 20.1 Å². The SMILES string of the molecule is CO[C@@H](C(=O)NCCCCCCC(=O)O)c1ccccc1. The molecule has 0 fully saturated rings. The van der Waals surface area contributed by atoms with Crippen LogP contribution in [-0.4, -0.2) is 30.6 Å². The Morgan fingerprint density at radius 1 is 1.14 bits per heavy atom. The molecule has 5 nitrogen and oxygen atoms in total. The third kappa shape index (κ3) is 6.90. The van der Waals surface area contributed by atoms with Crippen molar-refractivity contribution in [3.63, 3.8) is 0 Å². The van der Waals surface area contributed by atoms with Gasteiger partial charge in [0.25, 0.3) is 5.91 Å². The minimum absolute atomic E-state index is 0.144. The van der Waals surface area contributed by atoms with Gasteiger partial charge in [-0.15, -0.1) is 0 Å². The van der Waals surface area contributed by atoms with Gasteiger partial charge >= 0.3 is 5.97 Å². The molecule has 1 rings (SSSR count). The summed E-state index contributed by atoms with van der Waals surface area (Å²) in [6, 6.07) is 9.36. The summed E-state index contributed by atoms with van der Waals surface area (Å²) in [5.74, 6) is -0.900. The zero-order chi connectivity index (χ0) is 15.5. The van der Waals surface area contributed by atoms with Crippen LogP contribution in [0.5, 0.6) is 0 Å². The summed E-state index contributed by atoms with van der Waals surface area (Å²) in [7, 11) is 1.52. The number of nitrogens with one attached hydrogen (secondary N) is 1. The highest BCUT2D eigenvalue weighted by Gasteiger charge is 2.18. The van der Waals surface area contributed by atoms with Gasteiger partial charge in [0.2, 0.25) is 0 Å². The van der Waals surface area contributed by atoms with Gasteiger partial charge in [0.1, 0.15) is 0 Å². The van der Waals surface area contributed by atoms with Crippen LogP contribution in [0.2, 0.25) is 0 Å². The topological polar surface area (TPSA) is 75.6 Å². The second-order valence-corrected chi connectivity index (χ2v) is 4.88. The van der Waals surface area contributed by atoms with Crippen LogP contribution in [0.15, 0.2) is 30.3 Å². The quantitative estimate of drug-likeness (QED) is 0.650. The van der Waals surface area contributed by atoms with Gasteiger partial charge in [0.15, 0.2) is 6.10 Å². The van der Waals surface area contributed by atoms with Crippen LogP contribution in [-0.2, 0) is 14.3 Å². The summed E-state index contributed by atoms with van der Waals surface area (Å²) in [5, 5.41) is 11.4. The van der Waals surface area contributed by atoms with Gasteiger partial charge in [-0.05, 0) is 18.4 Å². The Balaban J connectivity index is 2.22. The third-order valence-electron chi connectivity index (χ3n) is 3.19. The number of benzene rings is 1. The summed E-state index contributed by atoms with van der Waals surface area (Å²) in [6.07, 6.45) is 2.94. The Labute approximate surface area is 125 Å². The molecule has 1 aromatic rings.